The van der Waals surface area contributed by atoms with Crippen LogP contribution in [-0.2, 0) is 0 Å². The molecule has 1 unspecified atom stereocenters. The van der Waals surface area contributed by atoms with Crippen LogP contribution in [0.15, 0.2) is 179 Å². The summed E-state index contributed by atoms with van der Waals surface area (Å²) in [4.78, 5) is 1.24. The Morgan fingerprint density at radius 1 is 0.549 bits per heavy atom. The zero-order valence-corrected chi connectivity index (χ0v) is 28.3. The monoisotopic (exact) mass is 670 g/mol. The van der Waals surface area contributed by atoms with E-state index in [-0.39, 0.29) is 5.37 Å². The number of thioether (sulfide) groups is 1. The topological polar surface area (TPSA) is 30.1 Å². The van der Waals surface area contributed by atoms with Crippen LogP contribution in [0.5, 0.6) is 0 Å². The summed E-state index contributed by atoms with van der Waals surface area (Å²) in [5.74, 6) is 0. The summed E-state index contributed by atoms with van der Waals surface area (Å²) in [5, 5.41) is 11.3. The van der Waals surface area contributed by atoms with Crippen molar-refractivity contribution in [3.63, 3.8) is 0 Å². The van der Waals surface area contributed by atoms with Gasteiger partial charge in [0, 0.05) is 37.7 Å². The zero-order valence-electron chi connectivity index (χ0n) is 27.5. The van der Waals surface area contributed by atoms with Crippen LogP contribution >= 0.6 is 11.8 Å². The van der Waals surface area contributed by atoms with Gasteiger partial charge < -0.3 is 14.3 Å². The highest BCUT2D eigenvalue weighted by Gasteiger charge is 2.28. The SMILES string of the molecule is c1ccc(-c2cccc3c2oc2ccc4c(c23)NC(c2ccc(-c3cc5ccccc5c5c3c3ccccc3n5-c3ccccc3)cc2)S4)cc1. The minimum Gasteiger partial charge on any atom is -0.455 e. The lowest BCUT2D eigenvalue weighted by atomic mass is 9.94. The van der Waals surface area contributed by atoms with Gasteiger partial charge in [-0.1, -0.05) is 145 Å². The molecule has 8 aromatic carbocycles. The Hall–Kier alpha value is -6.23. The first-order valence-corrected chi connectivity index (χ1v) is 18.3. The molecule has 51 heavy (non-hydrogen) atoms. The lowest BCUT2D eigenvalue weighted by molar-refractivity contribution is 0.670. The van der Waals surface area contributed by atoms with Crippen molar-refractivity contribution in [2.24, 2.45) is 0 Å². The molecule has 3 nitrogen and oxygen atoms in total. The van der Waals surface area contributed by atoms with E-state index >= 15 is 0 Å². The highest BCUT2D eigenvalue weighted by molar-refractivity contribution is 8.00. The maximum Gasteiger partial charge on any atom is 0.143 e. The average molecular weight is 671 g/mol. The summed E-state index contributed by atoms with van der Waals surface area (Å²) in [6, 6.07) is 61.2. The number of hydrogen-bond donors (Lipinski definition) is 1. The quantitative estimate of drug-likeness (QED) is 0.202. The second-order valence-electron chi connectivity index (χ2n) is 13.3. The van der Waals surface area contributed by atoms with E-state index in [4.69, 9.17) is 4.42 Å². The van der Waals surface area contributed by atoms with Crippen LogP contribution < -0.4 is 5.32 Å². The molecule has 0 saturated carbocycles. The van der Waals surface area contributed by atoms with Gasteiger partial charge in [0.1, 0.15) is 16.5 Å². The molecule has 2 aromatic heterocycles. The first kappa shape index (κ1) is 28.6. The highest BCUT2D eigenvalue weighted by Crippen LogP contribution is 2.52. The number of nitrogens with zero attached hydrogens (tertiary/aromatic N) is 1. The van der Waals surface area contributed by atoms with Gasteiger partial charge in [0.05, 0.1) is 22.1 Å². The van der Waals surface area contributed by atoms with Crippen LogP contribution in [0.2, 0.25) is 0 Å². The number of rotatable bonds is 4. The van der Waals surface area contributed by atoms with Crippen molar-refractivity contribution in [2.75, 3.05) is 5.32 Å². The molecule has 10 aromatic rings. The Morgan fingerprint density at radius 2 is 1.25 bits per heavy atom. The number of hydrogen-bond acceptors (Lipinski definition) is 3. The van der Waals surface area contributed by atoms with Crippen molar-refractivity contribution in [2.45, 2.75) is 10.3 Å². The van der Waals surface area contributed by atoms with Crippen molar-refractivity contribution in [3.05, 3.63) is 175 Å². The van der Waals surface area contributed by atoms with E-state index in [9.17, 15) is 0 Å². The molecule has 0 radical (unpaired) electrons. The molecule has 11 rings (SSSR count). The van der Waals surface area contributed by atoms with Crippen molar-refractivity contribution in [3.8, 4) is 27.9 Å². The predicted molar refractivity (Wildman–Crippen MR) is 215 cm³/mol. The molecule has 240 valence electrons. The number of nitrogens with one attached hydrogen (secondary N) is 1. The molecular formula is C47H30N2OS. The maximum absolute atomic E-state index is 6.54. The molecule has 1 atom stereocenters. The van der Waals surface area contributed by atoms with Crippen molar-refractivity contribution < 1.29 is 4.42 Å². The lowest BCUT2D eigenvalue weighted by Gasteiger charge is -2.14. The summed E-state index contributed by atoms with van der Waals surface area (Å²) >= 11 is 1.87. The van der Waals surface area contributed by atoms with Gasteiger partial charge in [0.2, 0.25) is 0 Å². The summed E-state index contributed by atoms with van der Waals surface area (Å²) in [6.07, 6.45) is 0. The van der Waals surface area contributed by atoms with Crippen molar-refractivity contribution in [1.29, 1.82) is 0 Å². The van der Waals surface area contributed by atoms with Gasteiger partial charge in [-0.3, -0.25) is 0 Å². The molecule has 0 bridgehead atoms. The fourth-order valence-corrected chi connectivity index (χ4v) is 9.29. The molecule has 1 aliphatic heterocycles. The molecule has 0 fully saturated rings. The van der Waals surface area contributed by atoms with Gasteiger partial charge in [0.15, 0.2) is 0 Å². The van der Waals surface area contributed by atoms with Crippen molar-refractivity contribution >= 4 is 72.0 Å². The largest absolute Gasteiger partial charge is 0.455 e. The fourth-order valence-electron chi connectivity index (χ4n) is 8.14. The van der Waals surface area contributed by atoms with Crippen LogP contribution in [-0.4, -0.2) is 4.57 Å². The number of fused-ring (bicyclic) bond motifs is 10. The summed E-state index contributed by atoms with van der Waals surface area (Å²) in [6.45, 7) is 0. The van der Waals surface area contributed by atoms with E-state index < -0.39 is 0 Å². The first-order chi connectivity index (χ1) is 25.3. The van der Waals surface area contributed by atoms with Gasteiger partial charge in [-0.25, -0.2) is 0 Å². The minimum atomic E-state index is 0.0959. The summed E-state index contributed by atoms with van der Waals surface area (Å²) in [5.41, 5.74) is 12.6. The molecule has 0 saturated heterocycles. The number of benzene rings is 8. The smallest absolute Gasteiger partial charge is 0.143 e. The number of para-hydroxylation sites is 3. The van der Waals surface area contributed by atoms with Crippen LogP contribution in [0.1, 0.15) is 10.9 Å². The third kappa shape index (κ3) is 4.33. The van der Waals surface area contributed by atoms with Gasteiger partial charge in [-0.2, -0.15) is 0 Å². The predicted octanol–water partition coefficient (Wildman–Crippen LogP) is 13.4. The highest BCUT2D eigenvalue weighted by atomic mass is 32.2. The zero-order chi connectivity index (χ0) is 33.5. The van der Waals surface area contributed by atoms with Gasteiger partial charge in [-0.15, -0.1) is 0 Å². The van der Waals surface area contributed by atoms with Crippen LogP contribution in [0.4, 0.5) is 5.69 Å². The van der Waals surface area contributed by atoms with Gasteiger partial charge >= 0.3 is 0 Å². The molecule has 4 heteroatoms. The van der Waals surface area contributed by atoms with Gasteiger partial charge in [0.25, 0.3) is 0 Å². The summed E-state index contributed by atoms with van der Waals surface area (Å²) in [7, 11) is 0. The third-order valence-electron chi connectivity index (χ3n) is 10.4. The molecule has 3 heterocycles. The van der Waals surface area contributed by atoms with E-state index in [2.05, 4.69) is 180 Å². The van der Waals surface area contributed by atoms with E-state index in [1.165, 1.54) is 59.9 Å². The number of anilines is 1. The van der Waals surface area contributed by atoms with E-state index in [0.29, 0.717) is 0 Å². The van der Waals surface area contributed by atoms with E-state index in [1.54, 1.807) is 0 Å². The second kappa shape index (κ2) is 11.1. The number of furan rings is 1. The minimum absolute atomic E-state index is 0.0959. The van der Waals surface area contributed by atoms with E-state index in [1.807, 2.05) is 11.8 Å². The normalized spacial score (nSPS) is 14.2. The Bertz CT molecular complexity index is 2960. The van der Waals surface area contributed by atoms with Crippen LogP contribution in [0, 0.1) is 0 Å². The molecule has 1 aliphatic rings. The second-order valence-corrected chi connectivity index (χ2v) is 14.4. The molecule has 0 aliphatic carbocycles. The Morgan fingerprint density at radius 3 is 2.10 bits per heavy atom. The third-order valence-corrected chi connectivity index (χ3v) is 11.6. The Balaban J connectivity index is 1.02. The maximum atomic E-state index is 6.54. The van der Waals surface area contributed by atoms with Gasteiger partial charge in [-0.05, 0) is 64.0 Å². The lowest BCUT2D eigenvalue weighted by Crippen LogP contribution is -2.01. The fraction of sp³-hybridized carbons (Fsp3) is 0.0213. The van der Waals surface area contributed by atoms with Crippen LogP contribution in [0.3, 0.4) is 0 Å². The standard InChI is InChI=1S/C47H30N2OS/c1-3-12-29(13-4-1)35-19-11-20-37-43-40(50-46(35)37)26-27-41-44(43)48-47(51-41)31-24-22-30(23-25-31)38-28-32-14-7-8-17-34(32)45-42(38)36-18-9-10-21-39(36)49(45)33-15-5-2-6-16-33/h1-28,47-48H. The molecular weight excluding hydrogens is 641 g/mol. The molecule has 0 spiro atoms. The Labute approximate surface area is 298 Å². The number of aromatic nitrogens is 1. The first-order valence-electron chi connectivity index (χ1n) is 17.4. The van der Waals surface area contributed by atoms with Crippen LogP contribution in [0.25, 0.3) is 82.5 Å². The Kier molecular flexibility index (Phi) is 6.25. The van der Waals surface area contributed by atoms with Crippen molar-refractivity contribution in [1.82, 2.24) is 4.57 Å². The molecule has 1 N–H and O–H groups in total. The molecule has 0 amide bonds. The summed E-state index contributed by atoms with van der Waals surface area (Å²) < 4.78 is 8.98. The van der Waals surface area contributed by atoms with E-state index in [0.717, 1.165) is 38.8 Å². The average Bonchev–Trinajstić information content (AvgIpc) is 3.90.